The predicted octanol–water partition coefficient (Wildman–Crippen LogP) is 1.61. The van der Waals surface area contributed by atoms with Crippen LogP contribution < -0.4 is 0 Å². The maximum Gasteiger partial charge on any atom is 0.220 e. The molecule has 1 aliphatic carbocycles. The quantitative estimate of drug-likeness (QED) is 0.686. The van der Waals surface area contributed by atoms with E-state index in [0.717, 1.165) is 12.8 Å². The number of ketones is 1. The first-order valence-electron chi connectivity index (χ1n) is 5.27. The molecule has 3 nitrogen and oxygen atoms in total. The van der Waals surface area contributed by atoms with Gasteiger partial charge in [0.15, 0.2) is 5.78 Å². The van der Waals surface area contributed by atoms with Crippen molar-refractivity contribution in [1.29, 1.82) is 0 Å². The summed E-state index contributed by atoms with van der Waals surface area (Å²) < 4.78 is 0. The molecule has 0 bridgehead atoms. The molecule has 0 N–H and O–H groups in total. The zero-order valence-electron chi connectivity index (χ0n) is 9.41. The third-order valence-corrected chi connectivity index (χ3v) is 2.70. The number of carbonyl (C=O) groups excluding carboxylic acids is 2. The first-order valence-corrected chi connectivity index (χ1v) is 5.27. The van der Waals surface area contributed by atoms with E-state index in [9.17, 15) is 9.59 Å². The van der Waals surface area contributed by atoms with Crippen molar-refractivity contribution in [2.75, 3.05) is 0 Å². The van der Waals surface area contributed by atoms with Crippen molar-refractivity contribution in [3.63, 3.8) is 0 Å². The number of amides is 1. The van der Waals surface area contributed by atoms with E-state index in [-0.39, 0.29) is 23.7 Å². The molecule has 1 unspecified atom stereocenters. The minimum atomic E-state index is -0.250. The van der Waals surface area contributed by atoms with E-state index in [1.165, 1.54) is 0 Å². The molecule has 0 aliphatic heterocycles. The molecule has 80 valence electrons. The lowest BCUT2D eigenvalue weighted by atomic mass is 10.0. The molecule has 3 heteroatoms. The van der Waals surface area contributed by atoms with Crippen molar-refractivity contribution >= 4 is 11.7 Å². The summed E-state index contributed by atoms with van der Waals surface area (Å²) in [7, 11) is 0. The molecule has 1 aliphatic rings. The first kappa shape index (κ1) is 11.2. The maximum atomic E-state index is 11.7. The molecule has 0 aromatic heterocycles. The Bertz CT molecular complexity index is 244. The van der Waals surface area contributed by atoms with E-state index in [4.69, 9.17) is 0 Å². The van der Waals surface area contributed by atoms with Gasteiger partial charge in [-0.3, -0.25) is 9.59 Å². The Hall–Kier alpha value is -0.860. The fourth-order valence-electron chi connectivity index (χ4n) is 1.82. The van der Waals surface area contributed by atoms with E-state index in [0.29, 0.717) is 6.04 Å². The smallest absolute Gasteiger partial charge is 0.220 e. The van der Waals surface area contributed by atoms with E-state index >= 15 is 0 Å². The molecular weight excluding hydrogens is 178 g/mol. The van der Waals surface area contributed by atoms with Crippen LogP contribution in [-0.2, 0) is 9.59 Å². The molecule has 1 rings (SSSR count). The predicted molar refractivity (Wildman–Crippen MR) is 54.8 cm³/mol. The highest BCUT2D eigenvalue weighted by Gasteiger charge is 2.36. The zero-order valence-corrected chi connectivity index (χ0v) is 9.41. The number of hydrogen-bond donors (Lipinski definition) is 0. The molecule has 0 heterocycles. The second kappa shape index (κ2) is 4.11. The number of nitrogens with zero attached hydrogens (tertiary/aromatic N) is 1. The molecule has 14 heavy (non-hydrogen) atoms. The fraction of sp³-hybridized carbons (Fsp3) is 0.818. The SMILES string of the molecule is CC(=O)N(C1CC1)C(C)C(=O)C(C)C. The molecule has 0 radical (unpaired) electrons. The van der Waals surface area contributed by atoms with Gasteiger partial charge in [-0.25, -0.2) is 0 Å². The van der Waals surface area contributed by atoms with Gasteiger partial charge in [-0.1, -0.05) is 13.8 Å². The molecule has 0 spiro atoms. The van der Waals surface area contributed by atoms with Gasteiger partial charge in [0.1, 0.15) is 0 Å². The van der Waals surface area contributed by atoms with E-state index in [2.05, 4.69) is 0 Å². The molecule has 0 saturated heterocycles. The Balaban J connectivity index is 2.68. The summed E-state index contributed by atoms with van der Waals surface area (Å²) in [6, 6.07) is 0.0743. The van der Waals surface area contributed by atoms with Crippen LogP contribution in [0.3, 0.4) is 0 Å². The number of hydrogen-bond acceptors (Lipinski definition) is 2. The van der Waals surface area contributed by atoms with Crippen LogP contribution in [0.15, 0.2) is 0 Å². The molecule has 1 amide bonds. The Labute approximate surface area is 85.5 Å². The van der Waals surface area contributed by atoms with Gasteiger partial charge in [0.05, 0.1) is 6.04 Å². The highest BCUT2D eigenvalue weighted by atomic mass is 16.2. The molecule has 1 fully saturated rings. The van der Waals surface area contributed by atoms with Gasteiger partial charge in [-0.05, 0) is 19.8 Å². The van der Waals surface area contributed by atoms with Gasteiger partial charge in [0.2, 0.25) is 5.91 Å². The number of Topliss-reactive ketones (excluding diaryl/α,β-unsaturated/α-hetero) is 1. The highest BCUT2D eigenvalue weighted by Crippen LogP contribution is 2.29. The van der Waals surface area contributed by atoms with Crippen molar-refractivity contribution in [2.24, 2.45) is 5.92 Å². The molecule has 1 atom stereocenters. The Morgan fingerprint density at radius 1 is 1.21 bits per heavy atom. The summed E-state index contributed by atoms with van der Waals surface area (Å²) in [5.41, 5.74) is 0. The minimum Gasteiger partial charge on any atom is -0.330 e. The lowest BCUT2D eigenvalue weighted by Crippen LogP contribution is -2.45. The van der Waals surface area contributed by atoms with Gasteiger partial charge < -0.3 is 4.90 Å². The highest BCUT2D eigenvalue weighted by molar-refractivity contribution is 5.89. The molecule has 1 saturated carbocycles. The normalized spacial score (nSPS) is 18.1. The number of rotatable bonds is 4. The van der Waals surface area contributed by atoms with Crippen LogP contribution in [0.2, 0.25) is 0 Å². The summed E-state index contributed by atoms with van der Waals surface area (Å²) in [4.78, 5) is 24.8. The van der Waals surface area contributed by atoms with E-state index in [1.807, 2.05) is 20.8 Å². The standard InChI is InChI=1S/C11H19NO2/c1-7(2)11(14)8(3)12(9(4)13)10-5-6-10/h7-8,10H,5-6H2,1-4H3. The second-order valence-corrected chi connectivity index (χ2v) is 4.39. The van der Waals surface area contributed by atoms with Gasteiger partial charge >= 0.3 is 0 Å². The van der Waals surface area contributed by atoms with Crippen LogP contribution >= 0.6 is 0 Å². The molecular formula is C11H19NO2. The van der Waals surface area contributed by atoms with Crippen molar-refractivity contribution < 1.29 is 9.59 Å². The minimum absolute atomic E-state index is 0.00519. The summed E-state index contributed by atoms with van der Waals surface area (Å²) in [6.07, 6.45) is 2.10. The largest absolute Gasteiger partial charge is 0.330 e. The number of carbonyl (C=O) groups is 2. The first-order chi connectivity index (χ1) is 6.45. The fourth-order valence-corrected chi connectivity index (χ4v) is 1.82. The zero-order chi connectivity index (χ0) is 10.9. The lowest BCUT2D eigenvalue weighted by molar-refractivity contribution is -0.139. The van der Waals surface area contributed by atoms with Crippen molar-refractivity contribution in [3.05, 3.63) is 0 Å². The summed E-state index contributed by atoms with van der Waals surface area (Å²) in [6.45, 7) is 7.14. The Morgan fingerprint density at radius 2 is 1.71 bits per heavy atom. The summed E-state index contributed by atoms with van der Waals surface area (Å²) >= 11 is 0. The van der Waals surface area contributed by atoms with Crippen LogP contribution in [0.5, 0.6) is 0 Å². The van der Waals surface area contributed by atoms with Gasteiger partial charge in [0, 0.05) is 18.9 Å². The third kappa shape index (κ3) is 2.34. The van der Waals surface area contributed by atoms with Crippen molar-refractivity contribution in [1.82, 2.24) is 4.90 Å². The maximum absolute atomic E-state index is 11.7. The topological polar surface area (TPSA) is 37.4 Å². The monoisotopic (exact) mass is 197 g/mol. The van der Waals surface area contributed by atoms with Crippen LogP contribution in [0, 0.1) is 5.92 Å². The van der Waals surface area contributed by atoms with E-state index in [1.54, 1.807) is 11.8 Å². The van der Waals surface area contributed by atoms with E-state index < -0.39 is 0 Å². The molecule has 0 aromatic carbocycles. The summed E-state index contributed by atoms with van der Waals surface area (Å²) in [5, 5.41) is 0. The van der Waals surface area contributed by atoms with Crippen molar-refractivity contribution in [3.8, 4) is 0 Å². The summed E-state index contributed by atoms with van der Waals surface area (Å²) in [5.74, 6) is 0.187. The van der Waals surface area contributed by atoms with Crippen molar-refractivity contribution in [2.45, 2.75) is 52.6 Å². The lowest BCUT2D eigenvalue weighted by Gasteiger charge is -2.28. The van der Waals surface area contributed by atoms with Gasteiger partial charge in [-0.15, -0.1) is 0 Å². The van der Waals surface area contributed by atoms with Crippen LogP contribution in [0.25, 0.3) is 0 Å². The Morgan fingerprint density at radius 3 is 2.00 bits per heavy atom. The van der Waals surface area contributed by atoms with Crippen LogP contribution in [0.4, 0.5) is 0 Å². The average molecular weight is 197 g/mol. The average Bonchev–Trinajstić information content (AvgIpc) is 2.86. The van der Waals surface area contributed by atoms with Gasteiger partial charge in [-0.2, -0.15) is 0 Å². The Kier molecular flexibility index (Phi) is 3.29. The van der Waals surface area contributed by atoms with Crippen LogP contribution in [0.1, 0.15) is 40.5 Å². The van der Waals surface area contributed by atoms with Gasteiger partial charge in [0.25, 0.3) is 0 Å². The second-order valence-electron chi connectivity index (χ2n) is 4.39. The van der Waals surface area contributed by atoms with Crippen LogP contribution in [-0.4, -0.2) is 28.7 Å². The molecule has 0 aromatic rings. The third-order valence-electron chi connectivity index (χ3n) is 2.70.